The number of ether oxygens (including phenoxy) is 2. The van der Waals surface area contributed by atoms with Crippen molar-refractivity contribution in [1.29, 1.82) is 0 Å². The number of hydrogen-bond donors (Lipinski definition) is 1. The SMILES string of the molecule is CCOC(=O)c1c(C)n(NN2CCOCC2)c2ccc([N+](=O)[O-])cc2c1=O. The number of hydrogen-bond acceptors (Lipinski definition) is 8. The fourth-order valence-electron chi connectivity index (χ4n) is 2.98. The number of nitrogens with zero attached hydrogens (tertiary/aromatic N) is 3. The molecule has 3 rings (SSSR count). The van der Waals surface area contributed by atoms with Gasteiger partial charge in [-0.15, -0.1) is 0 Å². The summed E-state index contributed by atoms with van der Waals surface area (Å²) in [4.78, 5) is 35.8. The third-order valence-corrected chi connectivity index (χ3v) is 4.33. The molecule has 0 saturated carbocycles. The molecule has 27 heavy (non-hydrogen) atoms. The van der Waals surface area contributed by atoms with Crippen LogP contribution in [0.5, 0.6) is 0 Å². The number of nitrogens with one attached hydrogen (secondary N) is 1. The summed E-state index contributed by atoms with van der Waals surface area (Å²) in [7, 11) is 0. The van der Waals surface area contributed by atoms with E-state index in [1.165, 1.54) is 18.2 Å². The summed E-state index contributed by atoms with van der Waals surface area (Å²) < 4.78 is 11.9. The number of benzene rings is 1. The van der Waals surface area contributed by atoms with Crippen LogP contribution in [0.25, 0.3) is 10.9 Å². The van der Waals surface area contributed by atoms with Gasteiger partial charge in [-0.25, -0.2) is 14.5 Å². The molecule has 10 nitrogen and oxygen atoms in total. The van der Waals surface area contributed by atoms with E-state index in [-0.39, 0.29) is 23.2 Å². The number of pyridine rings is 1. The summed E-state index contributed by atoms with van der Waals surface area (Å²) >= 11 is 0. The highest BCUT2D eigenvalue weighted by molar-refractivity contribution is 5.95. The van der Waals surface area contributed by atoms with E-state index in [0.717, 1.165) is 0 Å². The van der Waals surface area contributed by atoms with Gasteiger partial charge in [-0.1, -0.05) is 0 Å². The van der Waals surface area contributed by atoms with Gasteiger partial charge in [-0.3, -0.25) is 20.4 Å². The van der Waals surface area contributed by atoms with Gasteiger partial charge in [0.25, 0.3) is 5.69 Å². The molecule has 0 aliphatic carbocycles. The van der Waals surface area contributed by atoms with Crippen molar-refractivity contribution in [2.24, 2.45) is 0 Å². The van der Waals surface area contributed by atoms with Gasteiger partial charge in [-0.05, 0) is 19.9 Å². The van der Waals surface area contributed by atoms with Crippen LogP contribution >= 0.6 is 0 Å². The lowest BCUT2D eigenvalue weighted by molar-refractivity contribution is -0.384. The van der Waals surface area contributed by atoms with Gasteiger partial charge in [0, 0.05) is 25.2 Å². The number of carbonyl (C=O) groups excluding carboxylic acids is 1. The van der Waals surface area contributed by atoms with E-state index >= 15 is 0 Å². The molecule has 0 unspecified atom stereocenters. The van der Waals surface area contributed by atoms with Crippen molar-refractivity contribution < 1.29 is 19.2 Å². The standard InChI is InChI=1S/C17H20N4O6/c1-3-27-17(23)15-11(2)20(18-19-6-8-26-9-7-19)14-5-4-12(21(24)25)10-13(14)16(15)22/h4-5,10,18H,3,6-9H2,1-2H3. The van der Waals surface area contributed by atoms with Crippen LogP contribution in [-0.4, -0.2) is 53.5 Å². The monoisotopic (exact) mass is 376 g/mol. The third-order valence-electron chi connectivity index (χ3n) is 4.33. The number of aromatic nitrogens is 1. The third kappa shape index (κ3) is 3.62. The maximum atomic E-state index is 12.9. The van der Waals surface area contributed by atoms with Gasteiger partial charge in [0.2, 0.25) is 5.43 Å². The molecular formula is C17H20N4O6. The minimum Gasteiger partial charge on any atom is -0.462 e. The van der Waals surface area contributed by atoms with Crippen molar-refractivity contribution in [3.05, 3.63) is 49.8 Å². The predicted molar refractivity (Wildman–Crippen MR) is 97.3 cm³/mol. The molecule has 0 amide bonds. The number of hydrazine groups is 1. The fraction of sp³-hybridized carbons (Fsp3) is 0.412. The van der Waals surface area contributed by atoms with E-state index in [1.807, 2.05) is 5.01 Å². The smallest absolute Gasteiger partial charge is 0.344 e. The molecule has 0 atom stereocenters. The van der Waals surface area contributed by atoms with E-state index < -0.39 is 16.3 Å². The molecule has 2 aromatic rings. The Morgan fingerprint density at radius 1 is 1.37 bits per heavy atom. The Kier molecular flexibility index (Phi) is 5.38. The van der Waals surface area contributed by atoms with Crippen molar-refractivity contribution in [3.63, 3.8) is 0 Å². The normalized spacial score (nSPS) is 14.9. The Bertz CT molecular complexity index is 949. The topological polar surface area (TPSA) is 116 Å². The first kappa shape index (κ1) is 18.8. The number of non-ortho nitro benzene ring substituents is 1. The van der Waals surface area contributed by atoms with Gasteiger partial charge in [0.15, 0.2) is 0 Å². The van der Waals surface area contributed by atoms with Gasteiger partial charge in [0.1, 0.15) is 5.56 Å². The first-order chi connectivity index (χ1) is 12.9. The lowest BCUT2D eigenvalue weighted by Crippen LogP contribution is -2.45. The lowest BCUT2D eigenvalue weighted by atomic mass is 10.1. The molecule has 2 heterocycles. The second-order valence-electron chi connectivity index (χ2n) is 6.00. The first-order valence-corrected chi connectivity index (χ1v) is 8.54. The van der Waals surface area contributed by atoms with Crippen LogP contribution in [0, 0.1) is 17.0 Å². The number of carbonyl (C=O) groups is 1. The maximum absolute atomic E-state index is 12.9. The number of morpholine rings is 1. The zero-order valence-electron chi connectivity index (χ0n) is 15.1. The average molecular weight is 376 g/mol. The first-order valence-electron chi connectivity index (χ1n) is 8.54. The summed E-state index contributed by atoms with van der Waals surface area (Å²) in [6.07, 6.45) is 0. The minimum absolute atomic E-state index is 0.0682. The van der Waals surface area contributed by atoms with E-state index in [9.17, 15) is 19.7 Å². The average Bonchev–Trinajstić information content (AvgIpc) is 2.66. The Labute approximate surface area is 154 Å². The second kappa shape index (κ2) is 7.72. The highest BCUT2D eigenvalue weighted by atomic mass is 16.6. The lowest BCUT2D eigenvalue weighted by Gasteiger charge is -2.30. The largest absolute Gasteiger partial charge is 0.462 e. The molecule has 0 spiro atoms. The summed E-state index contributed by atoms with van der Waals surface area (Å²) in [6, 6.07) is 3.99. The van der Waals surface area contributed by atoms with Gasteiger partial charge in [-0.2, -0.15) is 0 Å². The van der Waals surface area contributed by atoms with Crippen molar-refractivity contribution in [1.82, 2.24) is 9.69 Å². The van der Waals surface area contributed by atoms with Gasteiger partial charge < -0.3 is 9.47 Å². The fourth-order valence-corrected chi connectivity index (χ4v) is 2.98. The quantitative estimate of drug-likeness (QED) is 0.470. The van der Waals surface area contributed by atoms with E-state index in [0.29, 0.717) is 37.5 Å². The molecule has 1 N–H and O–H groups in total. The summed E-state index contributed by atoms with van der Waals surface area (Å²) in [5, 5.41) is 13.1. The number of fused-ring (bicyclic) bond motifs is 1. The number of esters is 1. The molecule has 10 heteroatoms. The highest BCUT2D eigenvalue weighted by Gasteiger charge is 2.24. The molecule has 1 aromatic heterocycles. The van der Waals surface area contributed by atoms with Crippen molar-refractivity contribution in [2.75, 3.05) is 38.4 Å². The van der Waals surface area contributed by atoms with Gasteiger partial charge >= 0.3 is 5.97 Å². The molecule has 1 aliphatic heterocycles. The van der Waals surface area contributed by atoms with Gasteiger partial charge in [0.05, 0.1) is 41.3 Å². The van der Waals surface area contributed by atoms with Crippen LogP contribution in [-0.2, 0) is 9.47 Å². The predicted octanol–water partition coefficient (Wildman–Crippen LogP) is 1.19. The van der Waals surface area contributed by atoms with Crippen molar-refractivity contribution in [3.8, 4) is 0 Å². The van der Waals surface area contributed by atoms with Crippen LogP contribution < -0.4 is 11.0 Å². The molecule has 144 valence electrons. The van der Waals surface area contributed by atoms with Crippen LogP contribution in [0.2, 0.25) is 0 Å². The Hall–Kier alpha value is -2.98. The molecule has 0 radical (unpaired) electrons. The van der Waals surface area contributed by atoms with Crippen LogP contribution in [0.1, 0.15) is 23.0 Å². The number of nitro groups is 1. The molecule has 1 aromatic carbocycles. The summed E-state index contributed by atoms with van der Waals surface area (Å²) in [5.74, 6) is -0.758. The van der Waals surface area contributed by atoms with E-state index in [4.69, 9.17) is 9.47 Å². The molecule has 0 bridgehead atoms. The van der Waals surface area contributed by atoms with E-state index in [2.05, 4.69) is 5.53 Å². The highest BCUT2D eigenvalue weighted by Crippen LogP contribution is 2.21. The Morgan fingerprint density at radius 3 is 2.70 bits per heavy atom. The minimum atomic E-state index is -0.758. The maximum Gasteiger partial charge on any atom is 0.344 e. The van der Waals surface area contributed by atoms with Crippen LogP contribution in [0.15, 0.2) is 23.0 Å². The summed E-state index contributed by atoms with van der Waals surface area (Å²) in [6.45, 7) is 5.68. The Morgan fingerprint density at radius 2 is 2.07 bits per heavy atom. The van der Waals surface area contributed by atoms with Crippen molar-refractivity contribution >= 4 is 22.6 Å². The zero-order valence-corrected chi connectivity index (χ0v) is 15.1. The molecule has 1 aliphatic rings. The molecule has 1 saturated heterocycles. The van der Waals surface area contributed by atoms with Crippen molar-refractivity contribution in [2.45, 2.75) is 13.8 Å². The molecular weight excluding hydrogens is 356 g/mol. The molecule has 1 fully saturated rings. The zero-order chi connectivity index (χ0) is 19.6. The Balaban J connectivity index is 2.22. The summed E-state index contributed by atoms with van der Waals surface area (Å²) in [5.41, 5.74) is 2.99. The number of nitro benzene ring substituents is 1. The second-order valence-corrected chi connectivity index (χ2v) is 6.00. The number of rotatable bonds is 5. The van der Waals surface area contributed by atoms with Crippen LogP contribution in [0.4, 0.5) is 5.69 Å². The van der Waals surface area contributed by atoms with E-state index in [1.54, 1.807) is 18.5 Å². The van der Waals surface area contributed by atoms with Crippen LogP contribution in [0.3, 0.4) is 0 Å².